The summed E-state index contributed by atoms with van der Waals surface area (Å²) in [5.74, 6) is 0. The first kappa shape index (κ1) is 5.03. The number of hydrogen-bond donors (Lipinski definition) is 1. The lowest BCUT2D eigenvalue weighted by atomic mass is 10.4. The molecule has 0 aromatic heterocycles. The fourth-order valence-corrected chi connectivity index (χ4v) is 0.436. The van der Waals surface area contributed by atoms with Crippen molar-refractivity contribution in [1.82, 2.24) is 0 Å². The molecule has 0 saturated carbocycles. The van der Waals surface area contributed by atoms with E-state index in [1.54, 1.807) is 0 Å². The first-order chi connectivity index (χ1) is 3.43. The summed E-state index contributed by atoms with van der Waals surface area (Å²) in [5.41, 5.74) is 0. The Morgan fingerprint density at radius 2 is 2.29 bits per heavy atom. The smallest absolute Gasteiger partial charge is 0.165 e. The van der Waals surface area contributed by atoms with Crippen LogP contribution in [0.2, 0.25) is 0 Å². The minimum Gasteiger partial charge on any atom is -0.396 e. The van der Waals surface area contributed by atoms with Crippen LogP contribution in [0.3, 0.4) is 0 Å². The maximum Gasteiger partial charge on any atom is 0.165 e. The molecule has 0 aliphatic carbocycles. The van der Waals surface area contributed by atoms with Crippen LogP contribution in [0.15, 0.2) is 0 Å². The number of rotatable bonds is 2. The number of ether oxygens (including phenoxy) is 2. The van der Waals surface area contributed by atoms with Crippen molar-refractivity contribution >= 4 is 0 Å². The zero-order valence-electron chi connectivity index (χ0n) is 3.96. The van der Waals surface area contributed by atoms with Gasteiger partial charge in [0.25, 0.3) is 0 Å². The molecule has 1 N–H and O–H groups in total. The van der Waals surface area contributed by atoms with Gasteiger partial charge < -0.3 is 14.6 Å². The predicted molar refractivity (Wildman–Crippen MR) is 22.5 cm³/mol. The molecule has 1 rings (SSSR count). The second-order valence-electron chi connectivity index (χ2n) is 1.39. The average Bonchev–Trinajstić information content (AvgIpc) is 1.55. The van der Waals surface area contributed by atoms with Crippen molar-refractivity contribution in [1.29, 1.82) is 0 Å². The lowest BCUT2D eigenvalue weighted by Crippen LogP contribution is -2.31. The molecule has 0 aromatic rings. The standard InChI is InChI=1S/C4H8O3/c5-2-1-4-6-3-7-4/h4-5H,1-3H2. The number of aliphatic hydroxyl groups excluding tert-OH is 1. The van der Waals surface area contributed by atoms with Gasteiger partial charge in [0.05, 0.1) is 0 Å². The van der Waals surface area contributed by atoms with Crippen LogP contribution in [0.25, 0.3) is 0 Å². The highest BCUT2D eigenvalue weighted by Crippen LogP contribution is 2.08. The van der Waals surface area contributed by atoms with E-state index >= 15 is 0 Å². The van der Waals surface area contributed by atoms with Gasteiger partial charge in [-0.15, -0.1) is 0 Å². The Morgan fingerprint density at radius 3 is 2.43 bits per heavy atom. The third-order valence-corrected chi connectivity index (χ3v) is 0.873. The van der Waals surface area contributed by atoms with Crippen LogP contribution in [0.4, 0.5) is 0 Å². The highest BCUT2D eigenvalue weighted by atomic mass is 16.8. The van der Waals surface area contributed by atoms with Crippen LogP contribution in [0.5, 0.6) is 0 Å². The fraction of sp³-hybridized carbons (Fsp3) is 1.00. The van der Waals surface area contributed by atoms with Gasteiger partial charge in [0.15, 0.2) is 13.1 Å². The number of hydrogen-bond acceptors (Lipinski definition) is 3. The van der Waals surface area contributed by atoms with Crippen molar-refractivity contribution in [3.63, 3.8) is 0 Å². The summed E-state index contributed by atoms with van der Waals surface area (Å²) < 4.78 is 9.58. The van der Waals surface area contributed by atoms with Gasteiger partial charge in [-0.2, -0.15) is 0 Å². The number of aliphatic hydroxyl groups is 1. The Morgan fingerprint density at radius 1 is 1.57 bits per heavy atom. The summed E-state index contributed by atoms with van der Waals surface area (Å²) in [5, 5.41) is 8.24. The fourth-order valence-electron chi connectivity index (χ4n) is 0.436. The Bertz CT molecular complexity index is 50.9. The van der Waals surface area contributed by atoms with E-state index in [-0.39, 0.29) is 12.9 Å². The van der Waals surface area contributed by atoms with Gasteiger partial charge in [-0.3, -0.25) is 0 Å². The van der Waals surface area contributed by atoms with Gasteiger partial charge in [0, 0.05) is 13.0 Å². The van der Waals surface area contributed by atoms with Crippen molar-refractivity contribution < 1.29 is 14.6 Å². The van der Waals surface area contributed by atoms with Crippen molar-refractivity contribution in [2.24, 2.45) is 0 Å². The largest absolute Gasteiger partial charge is 0.396 e. The molecule has 1 fully saturated rings. The van der Waals surface area contributed by atoms with Crippen LogP contribution < -0.4 is 0 Å². The molecule has 3 nitrogen and oxygen atoms in total. The molecule has 0 unspecified atom stereocenters. The minimum absolute atomic E-state index is 0.120. The van der Waals surface area contributed by atoms with Crippen LogP contribution in [-0.2, 0) is 9.47 Å². The molecule has 0 atom stereocenters. The first-order valence-electron chi connectivity index (χ1n) is 2.27. The zero-order chi connectivity index (χ0) is 5.11. The van der Waals surface area contributed by atoms with E-state index < -0.39 is 0 Å². The van der Waals surface area contributed by atoms with E-state index in [4.69, 9.17) is 14.6 Å². The SMILES string of the molecule is OCCC1OCO1. The van der Waals surface area contributed by atoms with E-state index in [0.717, 1.165) is 0 Å². The van der Waals surface area contributed by atoms with E-state index in [1.165, 1.54) is 0 Å². The topological polar surface area (TPSA) is 38.7 Å². The molecule has 1 heterocycles. The monoisotopic (exact) mass is 104 g/mol. The zero-order valence-corrected chi connectivity index (χ0v) is 3.96. The molecule has 0 bridgehead atoms. The molecule has 3 heteroatoms. The molecule has 1 saturated heterocycles. The third-order valence-electron chi connectivity index (χ3n) is 0.873. The predicted octanol–water partition coefficient (Wildman–Crippen LogP) is -0.301. The Balaban J connectivity index is 1.93. The molecule has 0 amide bonds. The highest BCUT2D eigenvalue weighted by Gasteiger charge is 2.16. The van der Waals surface area contributed by atoms with E-state index in [2.05, 4.69) is 0 Å². The van der Waals surface area contributed by atoms with Gasteiger partial charge in [0.2, 0.25) is 0 Å². The molecule has 42 valence electrons. The molecular formula is C4H8O3. The van der Waals surface area contributed by atoms with Crippen molar-refractivity contribution in [3.05, 3.63) is 0 Å². The maximum absolute atomic E-state index is 8.24. The van der Waals surface area contributed by atoms with E-state index in [1.807, 2.05) is 0 Å². The summed E-state index contributed by atoms with van der Waals surface area (Å²) in [7, 11) is 0. The van der Waals surface area contributed by atoms with Crippen molar-refractivity contribution in [2.45, 2.75) is 12.7 Å². The van der Waals surface area contributed by atoms with E-state index in [0.29, 0.717) is 13.2 Å². The summed E-state index contributed by atoms with van der Waals surface area (Å²) in [4.78, 5) is 0. The Labute approximate surface area is 41.8 Å². The normalized spacial score (nSPS) is 21.9. The third kappa shape index (κ3) is 1.12. The first-order valence-corrected chi connectivity index (χ1v) is 2.27. The molecule has 1 aliphatic rings. The van der Waals surface area contributed by atoms with Gasteiger partial charge in [-0.25, -0.2) is 0 Å². The minimum atomic E-state index is -0.120. The molecule has 1 aliphatic heterocycles. The molecule has 0 radical (unpaired) electrons. The Kier molecular flexibility index (Phi) is 1.62. The van der Waals surface area contributed by atoms with Crippen LogP contribution in [0.1, 0.15) is 6.42 Å². The van der Waals surface area contributed by atoms with Crippen LogP contribution in [0, 0.1) is 0 Å². The lowest BCUT2D eigenvalue weighted by molar-refractivity contribution is -0.323. The lowest BCUT2D eigenvalue weighted by Gasteiger charge is -2.25. The summed E-state index contributed by atoms with van der Waals surface area (Å²) in [6.07, 6.45) is 0.477. The van der Waals surface area contributed by atoms with Crippen LogP contribution >= 0.6 is 0 Å². The Hall–Kier alpha value is -0.120. The van der Waals surface area contributed by atoms with E-state index in [9.17, 15) is 0 Å². The average molecular weight is 104 g/mol. The quantitative estimate of drug-likeness (QED) is 0.522. The summed E-state index contributed by atoms with van der Waals surface area (Å²) in [6.45, 7) is 0.537. The molecule has 0 aromatic carbocycles. The van der Waals surface area contributed by atoms with Crippen LogP contribution in [-0.4, -0.2) is 24.8 Å². The van der Waals surface area contributed by atoms with Gasteiger partial charge in [0.1, 0.15) is 0 Å². The maximum atomic E-state index is 8.24. The molecule has 7 heavy (non-hydrogen) atoms. The van der Waals surface area contributed by atoms with Crippen molar-refractivity contribution in [3.8, 4) is 0 Å². The van der Waals surface area contributed by atoms with Gasteiger partial charge >= 0.3 is 0 Å². The van der Waals surface area contributed by atoms with Crippen molar-refractivity contribution in [2.75, 3.05) is 13.4 Å². The highest BCUT2D eigenvalue weighted by molar-refractivity contribution is 4.45. The summed E-state index contributed by atoms with van der Waals surface area (Å²) in [6, 6.07) is 0. The molecule has 0 spiro atoms. The molecular weight excluding hydrogens is 96.0 g/mol. The van der Waals surface area contributed by atoms with Gasteiger partial charge in [-0.05, 0) is 0 Å². The van der Waals surface area contributed by atoms with Gasteiger partial charge in [-0.1, -0.05) is 0 Å². The second kappa shape index (κ2) is 2.26. The second-order valence-corrected chi connectivity index (χ2v) is 1.39. The summed E-state index contributed by atoms with van der Waals surface area (Å²) >= 11 is 0.